The fourth-order valence-corrected chi connectivity index (χ4v) is 7.29. The highest BCUT2D eigenvalue weighted by Crippen LogP contribution is 2.60. The Hall–Kier alpha value is -1.36. The molecule has 128 valence electrons. The van der Waals surface area contributed by atoms with E-state index in [0.29, 0.717) is 0 Å². The van der Waals surface area contributed by atoms with Crippen molar-refractivity contribution in [2.24, 2.45) is 23.2 Å². The third-order valence-corrected chi connectivity index (χ3v) is 8.02. The molecule has 0 radical (unpaired) electrons. The Morgan fingerprint density at radius 1 is 1.00 bits per heavy atom. The van der Waals surface area contributed by atoms with E-state index in [-0.39, 0.29) is 17.2 Å². The maximum absolute atomic E-state index is 12.8. The van der Waals surface area contributed by atoms with E-state index in [4.69, 9.17) is 0 Å². The summed E-state index contributed by atoms with van der Waals surface area (Å²) >= 11 is 1.58. The topological polar surface area (TPSA) is 58.2 Å². The van der Waals surface area contributed by atoms with Gasteiger partial charge in [0.05, 0.1) is 10.3 Å². The molecular formula is C19H24N2O2S. The van der Waals surface area contributed by atoms with Crippen molar-refractivity contribution in [3.63, 3.8) is 0 Å². The van der Waals surface area contributed by atoms with Crippen LogP contribution in [-0.2, 0) is 17.6 Å². The van der Waals surface area contributed by atoms with E-state index in [2.05, 4.69) is 10.9 Å². The number of hydrogen-bond donors (Lipinski definition) is 2. The zero-order valence-corrected chi connectivity index (χ0v) is 14.7. The van der Waals surface area contributed by atoms with E-state index in [1.807, 2.05) is 6.07 Å². The lowest BCUT2D eigenvalue weighted by Crippen LogP contribution is -2.56. The van der Waals surface area contributed by atoms with Crippen molar-refractivity contribution in [2.45, 2.75) is 57.8 Å². The average Bonchev–Trinajstić information content (AvgIpc) is 3.12. The van der Waals surface area contributed by atoms with Crippen molar-refractivity contribution >= 4 is 23.2 Å². The molecule has 0 atom stereocenters. The standard InChI is InChI=1S/C19H24N2O2S/c22-17(16-7-14-2-1-3-15(14)24-16)20-21-18(23)19-8-11-4-12(9-19)6-13(5-11)10-19/h7,11-13H,1-6,8-10H2,(H,20,22)(H,21,23). The van der Waals surface area contributed by atoms with Gasteiger partial charge in [-0.3, -0.25) is 20.4 Å². The number of aryl methyl sites for hydroxylation is 2. The van der Waals surface area contributed by atoms with E-state index in [1.54, 1.807) is 11.3 Å². The first-order valence-corrected chi connectivity index (χ1v) is 10.2. The molecule has 6 rings (SSSR count). The summed E-state index contributed by atoms with van der Waals surface area (Å²) in [7, 11) is 0. The summed E-state index contributed by atoms with van der Waals surface area (Å²) < 4.78 is 0. The molecule has 4 saturated carbocycles. The molecule has 4 fully saturated rings. The van der Waals surface area contributed by atoms with Crippen LogP contribution in [-0.4, -0.2) is 11.8 Å². The van der Waals surface area contributed by atoms with E-state index in [1.165, 1.54) is 36.1 Å². The summed E-state index contributed by atoms with van der Waals surface area (Å²) in [6.45, 7) is 0. The molecule has 4 bridgehead atoms. The largest absolute Gasteiger partial charge is 0.279 e. The number of nitrogens with one attached hydrogen (secondary N) is 2. The molecule has 0 aromatic carbocycles. The van der Waals surface area contributed by atoms with Crippen LogP contribution in [0, 0.1) is 23.2 Å². The molecule has 1 aromatic rings. The quantitative estimate of drug-likeness (QED) is 0.810. The van der Waals surface area contributed by atoms with Crippen LogP contribution < -0.4 is 10.9 Å². The predicted molar refractivity (Wildman–Crippen MR) is 92.6 cm³/mol. The predicted octanol–water partition coefficient (Wildman–Crippen LogP) is 3.21. The van der Waals surface area contributed by atoms with Crippen LogP contribution in [0.5, 0.6) is 0 Å². The Morgan fingerprint density at radius 3 is 2.29 bits per heavy atom. The summed E-state index contributed by atoms with van der Waals surface area (Å²) in [6, 6.07) is 2.00. The van der Waals surface area contributed by atoms with Crippen molar-refractivity contribution < 1.29 is 9.59 Å². The minimum atomic E-state index is -0.209. The Morgan fingerprint density at radius 2 is 1.67 bits per heavy atom. The molecule has 1 heterocycles. The maximum Gasteiger partial charge on any atom is 0.279 e. The van der Waals surface area contributed by atoms with Crippen LogP contribution >= 0.6 is 11.3 Å². The molecule has 2 N–H and O–H groups in total. The van der Waals surface area contributed by atoms with Crippen molar-refractivity contribution in [1.82, 2.24) is 10.9 Å². The van der Waals surface area contributed by atoms with Gasteiger partial charge in [-0.25, -0.2) is 0 Å². The average molecular weight is 344 g/mol. The molecule has 2 amide bonds. The number of hydrazine groups is 1. The first-order chi connectivity index (χ1) is 11.6. The van der Waals surface area contributed by atoms with E-state index >= 15 is 0 Å². The number of amides is 2. The molecule has 0 saturated heterocycles. The minimum absolute atomic E-state index is 0.0547. The molecular weight excluding hydrogens is 320 g/mol. The number of hydrogen-bond acceptors (Lipinski definition) is 3. The van der Waals surface area contributed by atoms with Gasteiger partial charge in [0, 0.05) is 4.88 Å². The van der Waals surface area contributed by atoms with Gasteiger partial charge in [0.25, 0.3) is 5.91 Å². The van der Waals surface area contributed by atoms with Gasteiger partial charge in [-0.15, -0.1) is 11.3 Å². The lowest BCUT2D eigenvalue weighted by molar-refractivity contribution is -0.147. The highest BCUT2D eigenvalue weighted by molar-refractivity contribution is 7.14. The van der Waals surface area contributed by atoms with Crippen LogP contribution in [0.25, 0.3) is 0 Å². The monoisotopic (exact) mass is 344 g/mol. The number of carbonyl (C=O) groups excluding carboxylic acids is 2. The Labute approximate surface area is 146 Å². The second kappa shape index (κ2) is 5.32. The summed E-state index contributed by atoms with van der Waals surface area (Å²) in [4.78, 5) is 27.3. The maximum atomic E-state index is 12.8. The molecule has 0 spiro atoms. The molecule has 5 aliphatic rings. The Kier molecular flexibility index (Phi) is 3.31. The lowest BCUT2D eigenvalue weighted by Gasteiger charge is -2.55. The van der Waals surface area contributed by atoms with Crippen molar-refractivity contribution in [1.29, 1.82) is 0 Å². The van der Waals surface area contributed by atoms with E-state index < -0.39 is 0 Å². The molecule has 5 heteroatoms. The number of thiophene rings is 1. The number of fused-ring (bicyclic) bond motifs is 1. The van der Waals surface area contributed by atoms with E-state index in [0.717, 1.165) is 54.7 Å². The van der Waals surface area contributed by atoms with Gasteiger partial charge < -0.3 is 0 Å². The molecule has 24 heavy (non-hydrogen) atoms. The van der Waals surface area contributed by atoms with Gasteiger partial charge in [0.15, 0.2) is 0 Å². The van der Waals surface area contributed by atoms with Crippen molar-refractivity contribution in [2.75, 3.05) is 0 Å². The van der Waals surface area contributed by atoms with Crippen LogP contribution in [0.2, 0.25) is 0 Å². The third-order valence-electron chi connectivity index (χ3n) is 6.78. The summed E-state index contributed by atoms with van der Waals surface area (Å²) in [5, 5.41) is 0. The zero-order valence-electron chi connectivity index (χ0n) is 13.9. The second-order valence-corrected chi connectivity index (χ2v) is 9.66. The van der Waals surface area contributed by atoms with Gasteiger partial charge in [0.2, 0.25) is 5.91 Å². The summed E-state index contributed by atoms with van der Waals surface area (Å²) in [5.74, 6) is 2.10. The normalized spacial score (nSPS) is 35.8. The molecule has 1 aromatic heterocycles. The minimum Gasteiger partial charge on any atom is -0.273 e. The molecule has 0 aliphatic heterocycles. The molecule has 0 unspecified atom stereocenters. The molecule has 5 aliphatic carbocycles. The smallest absolute Gasteiger partial charge is 0.273 e. The van der Waals surface area contributed by atoms with Gasteiger partial charge in [-0.2, -0.15) is 0 Å². The number of carbonyl (C=O) groups is 2. The SMILES string of the molecule is O=C(NNC(=O)C12CC3CC(CC(C3)C1)C2)c1cc2c(s1)CCC2. The fourth-order valence-electron chi connectivity index (χ4n) is 6.14. The van der Waals surface area contributed by atoms with Gasteiger partial charge in [-0.05, 0) is 87.2 Å². The fraction of sp³-hybridized carbons (Fsp3) is 0.684. The van der Waals surface area contributed by atoms with Crippen LogP contribution in [0.1, 0.15) is 65.1 Å². The van der Waals surface area contributed by atoms with Crippen LogP contribution in [0.4, 0.5) is 0 Å². The van der Waals surface area contributed by atoms with E-state index in [9.17, 15) is 9.59 Å². The highest BCUT2D eigenvalue weighted by atomic mass is 32.1. The second-order valence-electron chi connectivity index (χ2n) is 8.52. The van der Waals surface area contributed by atoms with Crippen LogP contribution in [0.3, 0.4) is 0 Å². The van der Waals surface area contributed by atoms with Gasteiger partial charge in [-0.1, -0.05) is 0 Å². The third kappa shape index (κ3) is 2.32. The zero-order chi connectivity index (χ0) is 16.3. The summed E-state index contributed by atoms with van der Waals surface area (Å²) in [5.41, 5.74) is 6.56. The number of rotatable bonds is 2. The highest BCUT2D eigenvalue weighted by Gasteiger charge is 2.54. The van der Waals surface area contributed by atoms with Gasteiger partial charge in [0.1, 0.15) is 0 Å². The Balaban J connectivity index is 1.25. The Bertz CT molecular complexity index is 651. The van der Waals surface area contributed by atoms with Crippen molar-refractivity contribution in [3.8, 4) is 0 Å². The van der Waals surface area contributed by atoms with Crippen LogP contribution in [0.15, 0.2) is 6.07 Å². The van der Waals surface area contributed by atoms with Gasteiger partial charge >= 0.3 is 0 Å². The molecule has 4 nitrogen and oxygen atoms in total. The first-order valence-electron chi connectivity index (χ1n) is 9.34. The summed E-state index contributed by atoms with van der Waals surface area (Å²) in [6.07, 6.45) is 10.4. The van der Waals surface area contributed by atoms with Crippen molar-refractivity contribution in [3.05, 3.63) is 21.4 Å². The lowest BCUT2D eigenvalue weighted by atomic mass is 9.49. The first kappa shape index (κ1) is 14.9.